The standard InChI is InChI=1S/C13H16N2O3/c1-9(2)13(17)14-11-6-4-3-5-10(11)7-8-12(16)15-18/h3-9,18H,1-2H3,(H,14,17)(H,15,16). The maximum atomic E-state index is 11.6. The van der Waals surface area contributed by atoms with Crippen molar-refractivity contribution in [2.75, 3.05) is 5.32 Å². The van der Waals surface area contributed by atoms with Gasteiger partial charge in [-0.05, 0) is 17.7 Å². The monoisotopic (exact) mass is 248 g/mol. The Balaban J connectivity index is 2.89. The number of hydrogen-bond donors (Lipinski definition) is 3. The molecular weight excluding hydrogens is 232 g/mol. The number of hydroxylamine groups is 1. The number of carbonyl (C=O) groups excluding carboxylic acids is 2. The Hall–Kier alpha value is -2.14. The molecule has 2 amide bonds. The molecule has 0 unspecified atom stereocenters. The van der Waals surface area contributed by atoms with E-state index in [1.54, 1.807) is 38.1 Å². The van der Waals surface area contributed by atoms with Crippen molar-refractivity contribution in [1.82, 2.24) is 5.48 Å². The minimum Gasteiger partial charge on any atom is -0.325 e. The van der Waals surface area contributed by atoms with Crippen molar-refractivity contribution in [2.24, 2.45) is 5.92 Å². The van der Waals surface area contributed by atoms with E-state index in [0.717, 1.165) is 0 Å². The smallest absolute Gasteiger partial charge is 0.267 e. The molecule has 0 fully saturated rings. The summed E-state index contributed by atoms with van der Waals surface area (Å²) < 4.78 is 0. The highest BCUT2D eigenvalue weighted by Crippen LogP contribution is 2.17. The van der Waals surface area contributed by atoms with Gasteiger partial charge in [-0.1, -0.05) is 32.0 Å². The average Bonchev–Trinajstić information content (AvgIpc) is 2.37. The second kappa shape index (κ2) is 6.56. The molecule has 5 heteroatoms. The second-order valence-electron chi connectivity index (χ2n) is 4.04. The number of nitrogens with one attached hydrogen (secondary N) is 2. The van der Waals surface area contributed by atoms with E-state index in [9.17, 15) is 9.59 Å². The Morgan fingerprint density at radius 3 is 2.56 bits per heavy atom. The summed E-state index contributed by atoms with van der Waals surface area (Å²) in [6.07, 6.45) is 2.70. The highest BCUT2D eigenvalue weighted by molar-refractivity contribution is 5.96. The molecule has 0 aliphatic carbocycles. The van der Waals surface area contributed by atoms with E-state index >= 15 is 0 Å². The lowest BCUT2D eigenvalue weighted by atomic mass is 10.1. The molecule has 0 atom stereocenters. The molecule has 5 nitrogen and oxygen atoms in total. The topological polar surface area (TPSA) is 78.4 Å². The van der Waals surface area contributed by atoms with Crippen LogP contribution in [0.25, 0.3) is 6.08 Å². The molecule has 96 valence electrons. The minimum atomic E-state index is -0.625. The maximum Gasteiger partial charge on any atom is 0.267 e. The maximum absolute atomic E-state index is 11.6. The Kier molecular flexibility index (Phi) is 5.07. The largest absolute Gasteiger partial charge is 0.325 e. The molecule has 1 aromatic rings. The van der Waals surface area contributed by atoms with Gasteiger partial charge in [-0.2, -0.15) is 0 Å². The first kappa shape index (κ1) is 13.9. The predicted octanol–water partition coefficient (Wildman–Crippen LogP) is 1.80. The van der Waals surface area contributed by atoms with Gasteiger partial charge in [0.05, 0.1) is 0 Å². The Morgan fingerprint density at radius 1 is 1.28 bits per heavy atom. The van der Waals surface area contributed by atoms with Crippen molar-refractivity contribution >= 4 is 23.6 Å². The van der Waals surface area contributed by atoms with E-state index in [0.29, 0.717) is 11.3 Å². The van der Waals surface area contributed by atoms with E-state index in [2.05, 4.69) is 5.32 Å². The van der Waals surface area contributed by atoms with E-state index < -0.39 is 5.91 Å². The molecule has 0 spiro atoms. The van der Waals surface area contributed by atoms with Crippen LogP contribution in [0.5, 0.6) is 0 Å². The van der Waals surface area contributed by atoms with Crippen LogP contribution in [0.4, 0.5) is 5.69 Å². The molecule has 0 bridgehead atoms. The molecule has 0 saturated carbocycles. The summed E-state index contributed by atoms with van der Waals surface area (Å²) in [5.74, 6) is -0.842. The molecule has 0 heterocycles. The fourth-order valence-electron chi connectivity index (χ4n) is 1.24. The van der Waals surface area contributed by atoms with Gasteiger partial charge in [-0.15, -0.1) is 0 Å². The quantitative estimate of drug-likeness (QED) is 0.432. The van der Waals surface area contributed by atoms with Crippen molar-refractivity contribution in [3.63, 3.8) is 0 Å². The summed E-state index contributed by atoms with van der Waals surface area (Å²) in [5, 5.41) is 11.1. The molecule has 3 N–H and O–H groups in total. The summed E-state index contributed by atoms with van der Waals surface area (Å²) >= 11 is 0. The fraction of sp³-hybridized carbons (Fsp3) is 0.231. The first-order valence-corrected chi connectivity index (χ1v) is 5.56. The second-order valence-corrected chi connectivity index (χ2v) is 4.04. The SMILES string of the molecule is CC(C)C(=O)Nc1ccccc1C=CC(=O)NO. The zero-order chi connectivity index (χ0) is 13.5. The van der Waals surface area contributed by atoms with Crippen molar-refractivity contribution in [3.8, 4) is 0 Å². The average molecular weight is 248 g/mol. The third-order valence-electron chi connectivity index (χ3n) is 2.27. The molecule has 0 saturated heterocycles. The zero-order valence-electron chi connectivity index (χ0n) is 10.3. The van der Waals surface area contributed by atoms with Gasteiger partial charge in [0.15, 0.2) is 0 Å². The third kappa shape index (κ3) is 4.03. The number of carbonyl (C=O) groups is 2. The van der Waals surface area contributed by atoms with Crippen molar-refractivity contribution in [3.05, 3.63) is 35.9 Å². The van der Waals surface area contributed by atoms with Crippen LogP contribution in [0.1, 0.15) is 19.4 Å². The van der Waals surface area contributed by atoms with Crippen LogP contribution in [0.2, 0.25) is 0 Å². The van der Waals surface area contributed by atoms with Gasteiger partial charge in [-0.3, -0.25) is 14.8 Å². The number of rotatable bonds is 4. The lowest BCUT2D eigenvalue weighted by Gasteiger charge is -2.10. The van der Waals surface area contributed by atoms with E-state index in [1.807, 2.05) is 0 Å². The molecule has 0 aliphatic heterocycles. The van der Waals surface area contributed by atoms with Gasteiger partial charge in [0.1, 0.15) is 0 Å². The van der Waals surface area contributed by atoms with Crippen molar-refractivity contribution < 1.29 is 14.8 Å². The summed E-state index contributed by atoms with van der Waals surface area (Å²) in [5.41, 5.74) is 2.81. The number of benzene rings is 1. The lowest BCUT2D eigenvalue weighted by Crippen LogP contribution is -2.18. The first-order valence-electron chi connectivity index (χ1n) is 5.56. The molecule has 18 heavy (non-hydrogen) atoms. The molecule has 1 aromatic carbocycles. The van der Waals surface area contributed by atoms with Gasteiger partial charge in [0.25, 0.3) is 5.91 Å². The summed E-state index contributed by atoms with van der Waals surface area (Å²) in [6, 6.07) is 7.09. The van der Waals surface area contributed by atoms with Gasteiger partial charge >= 0.3 is 0 Å². The Labute approximate surface area is 105 Å². The molecule has 0 aliphatic rings. The van der Waals surface area contributed by atoms with E-state index in [1.165, 1.54) is 17.6 Å². The molecular formula is C13H16N2O3. The minimum absolute atomic E-state index is 0.0949. The third-order valence-corrected chi connectivity index (χ3v) is 2.27. The van der Waals surface area contributed by atoms with Gasteiger partial charge in [-0.25, -0.2) is 5.48 Å². The highest BCUT2D eigenvalue weighted by Gasteiger charge is 2.08. The number of anilines is 1. The first-order chi connectivity index (χ1) is 8.54. The van der Waals surface area contributed by atoms with Crippen LogP contribution in [-0.2, 0) is 9.59 Å². The Morgan fingerprint density at radius 2 is 1.94 bits per heavy atom. The van der Waals surface area contributed by atoms with Gasteiger partial charge < -0.3 is 5.32 Å². The molecule has 0 aromatic heterocycles. The van der Waals surface area contributed by atoms with E-state index in [-0.39, 0.29) is 11.8 Å². The highest BCUT2D eigenvalue weighted by atomic mass is 16.5. The number of para-hydroxylation sites is 1. The number of hydrogen-bond acceptors (Lipinski definition) is 3. The fourth-order valence-corrected chi connectivity index (χ4v) is 1.24. The van der Waals surface area contributed by atoms with Crippen LogP contribution < -0.4 is 10.8 Å². The van der Waals surface area contributed by atoms with Gasteiger partial charge in [0.2, 0.25) is 5.91 Å². The zero-order valence-corrected chi connectivity index (χ0v) is 10.3. The van der Waals surface area contributed by atoms with Gasteiger partial charge in [0, 0.05) is 17.7 Å². The summed E-state index contributed by atoms with van der Waals surface area (Å²) in [7, 11) is 0. The molecule has 0 radical (unpaired) electrons. The van der Waals surface area contributed by atoms with Crippen LogP contribution in [-0.4, -0.2) is 17.0 Å². The van der Waals surface area contributed by atoms with Crippen LogP contribution in [0.15, 0.2) is 30.3 Å². The van der Waals surface area contributed by atoms with Crippen molar-refractivity contribution in [1.29, 1.82) is 0 Å². The normalized spacial score (nSPS) is 10.7. The Bertz CT molecular complexity index is 467. The molecule has 1 rings (SSSR count). The van der Waals surface area contributed by atoms with E-state index in [4.69, 9.17) is 5.21 Å². The van der Waals surface area contributed by atoms with Crippen LogP contribution in [0.3, 0.4) is 0 Å². The van der Waals surface area contributed by atoms with Crippen LogP contribution >= 0.6 is 0 Å². The summed E-state index contributed by atoms with van der Waals surface area (Å²) in [4.78, 5) is 22.5. The number of amides is 2. The summed E-state index contributed by atoms with van der Waals surface area (Å²) in [6.45, 7) is 3.60. The van der Waals surface area contributed by atoms with Crippen molar-refractivity contribution in [2.45, 2.75) is 13.8 Å². The predicted molar refractivity (Wildman–Crippen MR) is 68.9 cm³/mol. The lowest BCUT2D eigenvalue weighted by molar-refractivity contribution is -0.124. The van der Waals surface area contributed by atoms with Crippen LogP contribution in [0, 0.1) is 5.92 Å².